The number of hydrogen-bond acceptors (Lipinski definition) is 1. The van der Waals surface area contributed by atoms with Crippen LogP contribution in [-0.4, -0.2) is 15.6 Å². The lowest BCUT2D eigenvalue weighted by atomic mass is 9.32. The molecule has 0 aliphatic heterocycles. The number of carboxylic acids is 1. The first kappa shape index (κ1) is 27.1. The summed E-state index contributed by atoms with van der Waals surface area (Å²) in [6.07, 6.45) is 10.3. The van der Waals surface area contributed by atoms with Crippen LogP contribution in [-0.2, 0) is 23.7 Å². The quantitative estimate of drug-likeness (QED) is 0.411. The van der Waals surface area contributed by atoms with E-state index in [1.807, 2.05) is 0 Å². The molecule has 1 aromatic carbocycles. The molecule has 1 heterocycles. The zero-order chi connectivity index (χ0) is 28.6. The second-order valence-electron chi connectivity index (χ2n) is 16.9. The van der Waals surface area contributed by atoms with Gasteiger partial charge in [0, 0.05) is 29.1 Å². The fraction of sp³-hybridized carbons (Fsp3) is 0.757. The Hall–Kier alpha value is -1.77. The molecule has 0 amide bonds. The highest BCUT2D eigenvalue weighted by Crippen LogP contribution is 2.77. The minimum Gasteiger partial charge on any atom is -0.481 e. The Balaban J connectivity index is 1.34. The van der Waals surface area contributed by atoms with Crippen molar-refractivity contribution in [3.63, 3.8) is 0 Å². The topological polar surface area (TPSA) is 42.2 Å². The molecule has 0 bridgehead atoms. The molecule has 5 unspecified atom stereocenters. The highest BCUT2D eigenvalue weighted by molar-refractivity contribution is 5.86. The molecule has 4 saturated carbocycles. The molecule has 0 spiro atoms. The number of para-hydroxylation sites is 1. The Morgan fingerprint density at radius 1 is 0.900 bits per heavy atom. The van der Waals surface area contributed by atoms with Gasteiger partial charge in [0.15, 0.2) is 0 Å². The Kier molecular flexibility index (Phi) is 5.55. The number of aromatic nitrogens is 1. The van der Waals surface area contributed by atoms with Gasteiger partial charge in [0.1, 0.15) is 0 Å². The average molecular weight is 544 g/mol. The van der Waals surface area contributed by atoms with Crippen molar-refractivity contribution in [3.05, 3.63) is 35.5 Å². The molecule has 3 nitrogen and oxygen atoms in total. The van der Waals surface area contributed by atoms with Crippen molar-refractivity contribution in [2.24, 2.45) is 64.2 Å². The fourth-order valence-corrected chi connectivity index (χ4v) is 13.6. The van der Waals surface area contributed by atoms with Gasteiger partial charge in [-0.25, -0.2) is 0 Å². The van der Waals surface area contributed by atoms with Crippen LogP contribution >= 0.6 is 0 Å². The van der Waals surface area contributed by atoms with E-state index in [4.69, 9.17) is 0 Å². The molecule has 1 aromatic heterocycles. The normalized spacial score (nSPS) is 45.4. The molecule has 5 aliphatic carbocycles. The molecule has 2 aromatic rings. The highest BCUT2D eigenvalue weighted by atomic mass is 16.4. The SMILES string of the molecule is CC(C)C1CC[C@]2(C(=O)O)CC[C@]3(C)C(CCC4[C@@]5(C)Cc6c(n(C)c7ccccc67)C(C)(C)C5CC[C@]43C)C12. The maximum absolute atomic E-state index is 13.0. The molecule has 1 N–H and O–H groups in total. The maximum atomic E-state index is 13.0. The van der Waals surface area contributed by atoms with E-state index in [0.717, 1.165) is 25.7 Å². The molecule has 5 aliphatic rings. The van der Waals surface area contributed by atoms with E-state index in [9.17, 15) is 9.90 Å². The molecular weight excluding hydrogens is 490 g/mol. The molecule has 7 rings (SSSR count). The van der Waals surface area contributed by atoms with Crippen molar-refractivity contribution in [2.75, 3.05) is 0 Å². The third kappa shape index (κ3) is 2.96. The number of rotatable bonds is 2. The summed E-state index contributed by atoms with van der Waals surface area (Å²) in [5.74, 6) is 2.88. The molecule has 0 saturated heterocycles. The van der Waals surface area contributed by atoms with Crippen molar-refractivity contribution in [2.45, 2.75) is 112 Å². The lowest BCUT2D eigenvalue weighted by molar-refractivity contribution is -0.230. The predicted octanol–water partition coefficient (Wildman–Crippen LogP) is 9.01. The van der Waals surface area contributed by atoms with Crippen LogP contribution in [0.25, 0.3) is 10.9 Å². The first-order valence-corrected chi connectivity index (χ1v) is 16.5. The molecular formula is C37H53NO2. The number of benzene rings is 1. The molecule has 40 heavy (non-hydrogen) atoms. The summed E-state index contributed by atoms with van der Waals surface area (Å²) in [6, 6.07) is 9.11. The average Bonchev–Trinajstić information content (AvgIpc) is 3.42. The lowest BCUT2D eigenvalue weighted by Gasteiger charge is -2.72. The summed E-state index contributed by atoms with van der Waals surface area (Å²) in [7, 11) is 2.30. The number of aryl methyl sites for hydroxylation is 1. The number of nitrogens with zero attached hydrogens (tertiary/aromatic N) is 1. The van der Waals surface area contributed by atoms with E-state index in [0.29, 0.717) is 35.5 Å². The summed E-state index contributed by atoms with van der Waals surface area (Å²) < 4.78 is 2.52. The molecule has 218 valence electrons. The molecule has 9 atom stereocenters. The number of hydrogen-bond donors (Lipinski definition) is 1. The van der Waals surface area contributed by atoms with Crippen LogP contribution in [0.2, 0.25) is 0 Å². The van der Waals surface area contributed by atoms with Crippen LogP contribution in [0.4, 0.5) is 0 Å². The van der Waals surface area contributed by atoms with Gasteiger partial charge in [0.25, 0.3) is 0 Å². The monoisotopic (exact) mass is 543 g/mol. The van der Waals surface area contributed by atoms with Gasteiger partial charge in [-0.3, -0.25) is 4.79 Å². The van der Waals surface area contributed by atoms with E-state index in [1.54, 1.807) is 11.3 Å². The van der Waals surface area contributed by atoms with Gasteiger partial charge in [0.2, 0.25) is 0 Å². The summed E-state index contributed by atoms with van der Waals surface area (Å²) >= 11 is 0. The highest BCUT2D eigenvalue weighted by Gasteiger charge is 2.72. The van der Waals surface area contributed by atoms with Crippen LogP contribution < -0.4 is 0 Å². The van der Waals surface area contributed by atoms with Gasteiger partial charge < -0.3 is 9.67 Å². The largest absolute Gasteiger partial charge is 0.481 e. The van der Waals surface area contributed by atoms with Crippen molar-refractivity contribution >= 4 is 16.9 Å². The number of fused-ring (bicyclic) bond motifs is 10. The fourth-order valence-electron chi connectivity index (χ4n) is 13.6. The van der Waals surface area contributed by atoms with Gasteiger partial charge in [-0.05, 0) is 121 Å². The van der Waals surface area contributed by atoms with Gasteiger partial charge >= 0.3 is 5.97 Å². The van der Waals surface area contributed by atoms with Crippen LogP contribution in [0.3, 0.4) is 0 Å². The van der Waals surface area contributed by atoms with E-state index in [1.165, 1.54) is 43.0 Å². The predicted molar refractivity (Wildman–Crippen MR) is 163 cm³/mol. The smallest absolute Gasteiger partial charge is 0.309 e. The minimum absolute atomic E-state index is 0.133. The maximum Gasteiger partial charge on any atom is 0.309 e. The Morgan fingerprint density at radius 2 is 1.62 bits per heavy atom. The van der Waals surface area contributed by atoms with E-state index < -0.39 is 11.4 Å². The standard InChI is InChI=1S/C37H53NO2/c1-22(2)23-15-18-37(32(39)40)20-19-35(6)26(30(23)37)13-14-29-34(5)21-25-24-11-9-10-12-27(24)38(8)31(25)33(3,4)28(34)16-17-36(29,35)7/h9-12,22-23,26,28-30H,13-21H2,1-8H3,(H,39,40)/t23?,26?,28?,29?,30?,34-,35+,36+,37-/m0/s1. The molecule has 3 heteroatoms. The van der Waals surface area contributed by atoms with E-state index >= 15 is 0 Å². The minimum atomic E-state index is -0.483. The second kappa shape index (κ2) is 8.19. The van der Waals surface area contributed by atoms with Crippen molar-refractivity contribution < 1.29 is 9.90 Å². The van der Waals surface area contributed by atoms with Crippen LogP contribution in [0.15, 0.2) is 24.3 Å². The van der Waals surface area contributed by atoms with E-state index in [2.05, 4.69) is 84.3 Å². The number of aliphatic carboxylic acids is 1. The van der Waals surface area contributed by atoms with Crippen molar-refractivity contribution in [1.29, 1.82) is 0 Å². The summed E-state index contributed by atoms with van der Waals surface area (Å²) in [4.78, 5) is 13.0. The van der Waals surface area contributed by atoms with Crippen molar-refractivity contribution in [3.8, 4) is 0 Å². The van der Waals surface area contributed by atoms with Crippen LogP contribution in [0.1, 0.15) is 111 Å². The van der Waals surface area contributed by atoms with Gasteiger partial charge in [0.05, 0.1) is 5.41 Å². The zero-order valence-corrected chi connectivity index (χ0v) is 26.4. The summed E-state index contributed by atoms with van der Waals surface area (Å²) in [5, 5.41) is 12.2. The number of carbonyl (C=O) groups is 1. The number of carboxylic acid groups (broad SMARTS) is 1. The molecule has 0 radical (unpaired) electrons. The van der Waals surface area contributed by atoms with Gasteiger partial charge in [-0.15, -0.1) is 0 Å². The third-order valence-corrected chi connectivity index (χ3v) is 15.3. The van der Waals surface area contributed by atoms with Crippen LogP contribution in [0.5, 0.6) is 0 Å². The van der Waals surface area contributed by atoms with E-state index in [-0.39, 0.29) is 21.7 Å². The molecule has 4 fully saturated rings. The zero-order valence-electron chi connectivity index (χ0n) is 26.4. The lowest BCUT2D eigenvalue weighted by Crippen LogP contribution is -2.67. The Morgan fingerprint density at radius 3 is 2.33 bits per heavy atom. The first-order valence-electron chi connectivity index (χ1n) is 16.5. The second-order valence-corrected chi connectivity index (χ2v) is 16.9. The Bertz CT molecular complexity index is 1380. The van der Waals surface area contributed by atoms with Gasteiger partial charge in [-0.2, -0.15) is 0 Å². The third-order valence-electron chi connectivity index (χ3n) is 15.3. The van der Waals surface area contributed by atoms with Crippen molar-refractivity contribution in [1.82, 2.24) is 4.57 Å². The first-order chi connectivity index (χ1) is 18.7. The summed E-state index contributed by atoms with van der Waals surface area (Å²) in [6.45, 7) is 17.8. The summed E-state index contributed by atoms with van der Waals surface area (Å²) in [5.41, 5.74) is 4.97. The Labute approximate surface area is 242 Å². The van der Waals surface area contributed by atoms with Gasteiger partial charge in [-0.1, -0.05) is 66.7 Å². The van der Waals surface area contributed by atoms with Crippen LogP contribution in [0, 0.1) is 57.2 Å².